The number of halogens is 1. The molecule has 0 aliphatic carbocycles. The van der Waals surface area contributed by atoms with Gasteiger partial charge in [-0.3, -0.25) is 14.2 Å². The summed E-state index contributed by atoms with van der Waals surface area (Å²) < 4.78 is 3.65. The van der Waals surface area contributed by atoms with Crippen molar-refractivity contribution in [3.8, 4) is 0 Å². The van der Waals surface area contributed by atoms with Crippen molar-refractivity contribution in [2.75, 3.05) is 0 Å². The van der Waals surface area contributed by atoms with Crippen LogP contribution in [0, 0.1) is 6.92 Å². The predicted molar refractivity (Wildman–Crippen MR) is 110 cm³/mol. The van der Waals surface area contributed by atoms with E-state index >= 15 is 0 Å². The fourth-order valence-electron chi connectivity index (χ4n) is 3.09. The highest BCUT2D eigenvalue weighted by atomic mass is 79.9. The van der Waals surface area contributed by atoms with Gasteiger partial charge in [0.05, 0.1) is 22.6 Å². The number of carbonyl (C=O) groups excluding carboxylic acids is 1. The average molecular weight is 423 g/mol. The first kappa shape index (κ1) is 17.4. The van der Waals surface area contributed by atoms with Gasteiger partial charge in [-0.25, -0.2) is 4.98 Å². The quantitative estimate of drug-likeness (QED) is 0.459. The first-order chi connectivity index (χ1) is 13.0. The first-order valence-corrected chi connectivity index (χ1v) is 9.09. The highest BCUT2D eigenvalue weighted by Crippen LogP contribution is 2.20. The van der Waals surface area contributed by atoms with Gasteiger partial charge < -0.3 is 0 Å². The van der Waals surface area contributed by atoms with Crippen LogP contribution in [0.1, 0.15) is 23.1 Å². The van der Waals surface area contributed by atoms with Crippen LogP contribution in [-0.2, 0) is 0 Å². The molecule has 0 fully saturated rings. The van der Waals surface area contributed by atoms with Crippen molar-refractivity contribution in [3.05, 3.63) is 74.9 Å². The number of carbonyl (C=O) groups is 1. The van der Waals surface area contributed by atoms with Gasteiger partial charge >= 0.3 is 0 Å². The lowest BCUT2D eigenvalue weighted by molar-refractivity contribution is 0.0941. The molecule has 2 aromatic heterocycles. The van der Waals surface area contributed by atoms with Gasteiger partial charge in [0, 0.05) is 28.5 Å². The van der Waals surface area contributed by atoms with E-state index in [1.165, 1.54) is 11.6 Å². The molecule has 0 radical (unpaired) electrons. The smallest absolute Gasteiger partial charge is 0.282 e. The van der Waals surface area contributed by atoms with Crippen molar-refractivity contribution in [3.63, 3.8) is 0 Å². The van der Waals surface area contributed by atoms with E-state index in [9.17, 15) is 9.59 Å². The Bertz CT molecular complexity index is 1300. The Balaban J connectivity index is 1.88. The largest absolute Gasteiger partial charge is 0.287 e. The first-order valence-electron chi connectivity index (χ1n) is 8.30. The Morgan fingerprint density at radius 1 is 1.19 bits per heavy atom. The molecule has 0 saturated carbocycles. The zero-order chi connectivity index (χ0) is 19.1. The number of benzene rings is 2. The zero-order valence-electron chi connectivity index (χ0n) is 14.7. The maximum absolute atomic E-state index is 12.8. The average Bonchev–Trinajstić information content (AvgIpc) is 3.01. The highest BCUT2D eigenvalue weighted by molar-refractivity contribution is 9.10. The van der Waals surface area contributed by atoms with E-state index in [1.54, 1.807) is 36.0 Å². The summed E-state index contributed by atoms with van der Waals surface area (Å²) in [6.07, 6.45) is 3.31. The molecule has 0 saturated heterocycles. The monoisotopic (exact) mass is 422 g/mol. The second-order valence-corrected chi connectivity index (χ2v) is 7.09. The Morgan fingerprint density at radius 2 is 1.96 bits per heavy atom. The number of hydrogen-bond donors (Lipinski definition) is 0. The van der Waals surface area contributed by atoms with Gasteiger partial charge in [0.2, 0.25) is 5.91 Å². The van der Waals surface area contributed by atoms with Crippen LogP contribution >= 0.6 is 15.9 Å². The molecule has 0 bridgehead atoms. The standard InChI is InChI=1S/C20H15BrN4O2/c1-12-23-18-8-7-15(21)9-17(18)20(27)25(12)22-10-14-11-24(13(2)26)19-6-4-3-5-16(14)19/h3-11H,1-2H3. The Labute approximate surface area is 162 Å². The van der Waals surface area contributed by atoms with E-state index in [0.717, 1.165) is 20.9 Å². The van der Waals surface area contributed by atoms with Gasteiger partial charge in [-0.05, 0) is 31.2 Å². The molecule has 4 rings (SSSR count). The van der Waals surface area contributed by atoms with Gasteiger partial charge in [-0.2, -0.15) is 9.78 Å². The maximum Gasteiger partial charge on any atom is 0.282 e. The number of rotatable bonds is 2. The van der Waals surface area contributed by atoms with Gasteiger partial charge in [-0.1, -0.05) is 34.1 Å². The molecule has 0 aliphatic rings. The lowest BCUT2D eigenvalue weighted by atomic mass is 10.2. The SMILES string of the molecule is CC(=O)n1cc(C=Nn2c(C)nc3ccc(Br)cc3c2=O)c2ccccc21. The number of aromatic nitrogens is 3. The molecule has 0 unspecified atom stereocenters. The summed E-state index contributed by atoms with van der Waals surface area (Å²) in [4.78, 5) is 29.2. The Kier molecular flexibility index (Phi) is 4.24. The fraction of sp³-hybridized carbons (Fsp3) is 0.100. The van der Waals surface area contributed by atoms with Gasteiger partial charge in [-0.15, -0.1) is 0 Å². The third-order valence-corrected chi connectivity index (χ3v) is 4.86. The van der Waals surface area contributed by atoms with Crippen LogP contribution in [-0.4, -0.2) is 26.3 Å². The molecule has 0 N–H and O–H groups in total. The van der Waals surface area contributed by atoms with Crippen molar-refractivity contribution in [2.45, 2.75) is 13.8 Å². The highest BCUT2D eigenvalue weighted by Gasteiger charge is 2.11. The number of hydrogen-bond acceptors (Lipinski definition) is 4. The van der Waals surface area contributed by atoms with Crippen molar-refractivity contribution in [1.29, 1.82) is 0 Å². The molecule has 6 nitrogen and oxygen atoms in total. The lowest BCUT2D eigenvalue weighted by Gasteiger charge is -2.05. The number of nitrogens with zero attached hydrogens (tertiary/aromatic N) is 4. The van der Waals surface area contributed by atoms with E-state index in [2.05, 4.69) is 26.0 Å². The van der Waals surface area contributed by atoms with E-state index in [0.29, 0.717) is 16.7 Å². The molecule has 0 atom stereocenters. The second-order valence-electron chi connectivity index (χ2n) is 6.17. The molecular weight excluding hydrogens is 408 g/mol. The summed E-state index contributed by atoms with van der Waals surface area (Å²) in [6, 6.07) is 12.9. The lowest BCUT2D eigenvalue weighted by Crippen LogP contribution is -2.20. The van der Waals surface area contributed by atoms with Crippen molar-refractivity contribution in [1.82, 2.24) is 14.2 Å². The van der Waals surface area contributed by atoms with Crippen LogP contribution in [0.3, 0.4) is 0 Å². The van der Waals surface area contributed by atoms with Crippen LogP contribution in [0.4, 0.5) is 0 Å². The van der Waals surface area contributed by atoms with Crippen LogP contribution in [0.25, 0.3) is 21.8 Å². The second kappa shape index (κ2) is 6.59. The molecule has 134 valence electrons. The van der Waals surface area contributed by atoms with Crippen LogP contribution in [0.2, 0.25) is 0 Å². The minimum Gasteiger partial charge on any atom is -0.287 e. The van der Waals surface area contributed by atoms with Gasteiger partial charge in [0.1, 0.15) is 5.82 Å². The third kappa shape index (κ3) is 3.00. The van der Waals surface area contributed by atoms with Gasteiger partial charge in [0.25, 0.3) is 5.56 Å². The minimum absolute atomic E-state index is 0.0866. The Hall–Kier alpha value is -3.06. The molecule has 2 heterocycles. The van der Waals surface area contributed by atoms with Gasteiger partial charge in [0.15, 0.2) is 0 Å². The summed E-state index contributed by atoms with van der Waals surface area (Å²) in [6.45, 7) is 3.24. The zero-order valence-corrected chi connectivity index (χ0v) is 16.3. The molecular formula is C20H15BrN4O2. The normalized spacial score (nSPS) is 11.7. The topological polar surface area (TPSA) is 69.2 Å². The molecule has 0 aliphatic heterocycles. The molecule has 2 aromatic carbocycles. The molecule has 7 heteroatoms. The predicted octanol–water partition coefficient (Wildman–Crippen LogP) is 3.96. The van der Waals surface area contributed by atoms with E-state index < -0.39 is 0 Å². The summed E-state index contributed by atoms with van der Waals surface area (Å²) >= 11 is 3.38. The number of fused-ring (bicyclic) bond motifs is 2. The number of aryl methyl sites for hydroxylation is 1. The van der Waals surface area contributed by atoms with E-state index in [1.807, 2.05) is 30.3 Å². The third-order valence-electron chi connectivity index (χ3n) is 4.36. The minimum atomic E-state index is -0.245. The number of para-hydroxylation sites is 1. The van der Waals surface area contributed by atoms with Crippen molar-refractivity contribution >= 4 is 49.9 Å². The van der Waals surface area contributed by atoms with Crippen molar-refractivity contribution in [2.24, 2.45) is 5.10 Å². The summed E-state index contributed by atoms with van der Waals surface area (Å²) in [5.74, 6) is 0.401. The molecule has 27 heavy (non-hydrogen) atoms. The molecule has 0 amide bonds. The van der Waals surface area contributed by atoms with E-state index in [-0.39, 0.29) is 11.5 Å². The van der Waals surface area contributed by atoms with E-state index in [4.69, 9.17) is 0 Å². The van der Waals surface area contributed by atoms with Crippen LogP contribution in [0.5, 0.6) is 0 Å². The van der Waals surface area contributed by atoms with Crippen molar-refractivity contribution < 1.29 is 4.79 Å². The fourth-order valence-corrected chi connectivity index (χ4v) is 3.45. The summed E-state index contributed by atoms with van der Waals surface area (Å²) in [7, 11) is 0. The molecule has 4 aromatic rings. The molecule has 0 spiro atoms. The van der Waals surface area contributed by atoms with Crippen LogP contribution < -0.4 is 5.56 Å². The summed E-state index contributed by atoms with van der Waals surface area (Å²) in [5, 5.41) is 5.73. The van der Waals surface area contributed by atoms with Crippen LogP contribution in [0.15, 0.2) is 63.0 Å². The maximum atomic E-state index is 12.8. The summed E-state index contributed by atoms with van der Waals surface area (Å²) in [5.41, 5.74) is 1.93. The Morgan fingerprint density at radius 3 is 2.74 bits per heavy atom.